The minimum absolute atomic E-state index is 0.0654. The Morgan fingerprint density at radius 1 is 1.18 bits per heavy atom. The van der Waals surface area contributed by atoms with Gasteiger partial charge in [-0.25, -0.2) is 0 Å². The maximum absolute atomic E-state index is 12.3. The van der Waals surface area contributed by atoms with Crippen LogP contribution in [0.2, 0.25) is 0 Å². The molecule has 0 aliphatic heterocycles. The van der Waals surface area contributed by atoms with E-state index in [9.17, 15) is 13.6 Å². The highest BCUT2D eigenvalue weighted by molar-refractivity contribution is 14.1. The monoisotopic (exact) mass is 419 g/mol. The normalized spacial score (nSPS) is 10.4. The lowest BCUT2D eigenvalue weighted by atomic mass is 10.2. The van der Waals surface area contributed by atoms with Crippen LogP contribution >= 0.6 is 22.6 Å². The zero-order chi connectivity index (χ0) is 16.1. The van der Waals surface area contributed by atoms with Crippen LogP contribution in [0.5, 0.6) is 11.5 Å². The van der Waals surface area contributed by atoms with Gasteiger partial charge in [0.2, 0.25) is 0 Å². The Hall–Kier alpha value is -1.90. The molecular weight excluding hydrogens is 407 g/mol. The van der Waals surface area contributed by atoms with E-state index in [2.05, 4.69) is 32.6 Å². The summed E-state index contributed by atoms with van der Waals surface area (Å²) in [6.45, 7) is -2.96. The van der Waals surface area contributed by atoms with Crippen LogP contribution < -0.4 is 14.8 Å². The van der Waals surface area contributed by atoms with Gasteiger partial charge in [0.05, 0.1) is 7.11 Å². The Morgan fingerprint density at radius 2 is 1.95 bits per heavy atom. The first kappa shape index (κ1) is 16.5. The van der Waals surface area contributed by atoms with E-state index in [1.165, 1.54) is 25.3 Å². The Kier molecular flexibility index (Phi) is 5.53. The zero-order valence-electron chi connectivity index (χ0n) is 11.5. The molecule has 0 spiro atoms. The fourth-order valence-electron chi connectivity index (χ4n) is 1.77. The van der Waals surface area contributed by atoms with Crippen molar-refractivity contribution in [1.82, 2.24) is 0 Å². The minimum Gasteiger partial charge on any atom is -0.493 e. The summed E-state index contributed by atoms with van der Waals surface area (Å²) in [5.74, 6) is -0.428. The number of rotatable bonds is 5. The first-order valence-electron chi connectivity index (χ1n) is 6.19. The molecular formula is C15H12F2INO3. The highest BCUT2D eigenvalue weighted by atomic mass is 127. The molecule has 22 heavy (non-hydrogen) atoms. The van der Waals surface area contributed by atoms with Gasteiger partial charge >= 0.3 is 6.61 Å². The number of halogens is 3. The topological polar surface area (TPSA) is 47.6 Å². The standard InChI is InChI=1S/C15H12F2INO3/c1-21-13-7-9(5-6-12(13)22-15(16)17)14(20)19-11-4-2-3-10(18)8-11/h2-8,15H,1H3,(H,19,20). The van der Waals surface area contributed by atoms with Gasteiger partial charge in [-0.2, -0.15) is 8.78 Å². The fraction of sp³-hybridized carbons (Fsp3) is 0.133. The van der Waals surface area contributed by atoms with E-state index < -0.39 is 6.61 Å². The number of anilines is 1. The molecule has 0 unspecified atom stereocenters. The zero-order valence-corrected chi connectivity index (χ0v) is 13.6. The molecule has 0 radical (unpaired) electrons. The van der Waals surface area contributed by atoms with Gasteiger partial charge in [0.25, 0.3) is 5.91 Å². The Balaban J connectivity index is 2.19. The summed E-state index contributed by atoms with van der Waals surface area (Å²) in [6.07, 6.45) is 0. The van der Waals surface area contributed by atoms with Crippen molar-refractivity contribution >= 4 is 34.2 Å². The van der Waals surface area contributed by atoms with Crippen molar-refractivity contribution in [3.63, 3.8) is 0 Å². The highest BCUT2D eigenvalue weighted by Gasteiger charge is 2.14. The van der Waals surface area contributed by atoms with Crippen LogP contribution in [0.3, 0.4) is 0 Å². The molecule has 2 aromatic carbocycles. The van der Waals surface area contributed by atoms with Crippen molar-refractivity contribution in [2.45, 2.75) is 6.61 Å². The summed E-state index contributed by atoms with van der Waals surface area (Å²) in [7, 11) is 1.31. The van der Waals surface area contributed by atoms with E-state index in [4.69, 9.17) is 4.74 Å². The first-order valence-corrected chi connectivity index (χ1v) is 7.27. The highest BCUT2D eigenvalue weighted by Crippen LogP contribution is 2.29. The summed E-state index contributed by atoms with van der Waals surface area (Å²) in [4.78, 5) is 12.2. The van der Waals surface area contributed by atoms with Crippen molar-refractivity contribution in [3.8, 4) is 11.5 Å². The summed E-state index contributed by atoms with van der Waals surface area (Å²) in [5.41, 5.74) is 0.918. The van der Waals surface area contributed by atoms with Gasteiger partial charge in [-0.15, -0.1) is 0 Å². The van der Waals surface area contributed by atoms with E-state index >= 15 is 0 Å². The van der Waals surface area contributed by atoms with Crippen LogP contribution in [-0.2, 0) is 0 Å². The number of hydrogen-bond acceptors (Lipinski definition) is 3. The summed E-state index contributed by atoms with van der Waals surface area (Å²) < 4.78 is 34.8. The minimum atomic E-state index is -2.96. The molecule has 116 valence electrons. The van der Waals surface area contributed by atoms with Crippen molar-refractivity contribution in [2.75, 3.05) is 12.4 Å². The lowest BCUT2D eigenvalue weighted by molar-refractivity contribution is -0.0512. The lowest BCUT2D eigenvalue weighted by Crippen LogP contribution is -2.12. The molecule has 0 bridgehead atoms. The first-order chi connectivity index (χ1) is 10.5. The average molecular weight is 419 g/mol. The Morgan fingerprint density at radius 3 is 2.59 bits per heavy atom. The molecule has 0 atom stereocenters. The number of alkyl halides is 2. The van der Waals surface area contributed by atoms with Crippen LogP contribution in [0.25, 0.3) is 0 Å². The SMILES string of the molecule is COc1cc(C(=O)Nc2cccc(I)c2)ccc1OC(F)F. The van der Waals surface area contributed by atoms with Gasteiger partial charge in [-0.1, -0.05) is 6.07 Å². The maximum atomic E-state index is 12.3. The molecule has 0 heterocycles. The number of carbonyl (C=O) groups excluding carboxylic acids is 1. The molecule has 0 fully saturated rings. The van der Waals surface area contributed by atoms with Gasteiger partial charge in [-0.3, -0.25) is 4.79 Å². The molecule has 0 aromatic heterocycles. The van der Waals surface area contributed by atoms with Gasteiger partial charge in [-0.05, 0) is 59.0 Å². The molecule has 7 heteroatoms. The second-order valence-corrected chi connectivity index (χ2v) is 5.45. The van der Waals surface area contributed by atoms with Gasteiger partial charge < -0.3 is 14.8 Å². The summed E-state index contributed by atoms with van der Waals surface area (Å²) in [6, 6.07) is 11.3. The number of carbonyl (C=O) groups is 1. The Labute approximate surface area is 139 Å². The van der Waals surface area contributed by atoms with Crippen molar-refractivity contribution < 1.29 is 23.0 Å². The van der Waals surface area contributed by atoms with Crippen LogP contribution in [-0.4, -0.2) is 19.6 Å². The largest absolute Gasteiger partial charge is 0.493 e. The molecule has 1 N–H and O–H groups in total. The van der Waals surface area contributed by atoms with Crippen molar-refractivity contribution in [1.29, 1.82) is 0 Å². The molecule has 2 aromatic rings. The van der Waals surface area contributed by atoms with E-state index in [1.54, 1.807) is 6.07 Å². The average Bonchev–Trinajstić information content (AvgIpc) is 2.47. The number of methoxy groups -OCH3 is 1. The molecule has 0 saturated heterocycles. The van der Waals surface area contributed by atoms with Crippen LogP contribution in [0.1, 0.15) is 10.4 Å². The molecule has 0 aliphatic rings. The van der Waals surface area contributed by atoms with Crippen molar-refractivity contribution in [2.24, 2.45) is 0 Å². The Bertz CT molecular complexity index is 680. The lowest BCUT2D eigenvalue weighted by Gasteiger charge is -2.11. The molecule has 2 rings (SSSR count). The van der Waals surface area contributed by atoms with Gasteiger partial charge in [0, 0.05) is 14.8 Å². The number of hydrogen-bond donors (Lipinski definition) is 1. The molecule has 0 saturated carbocycles. The maximum Gasteiger partial charge on any atom is 0.387 e. The number of nitrogens with one attached hydrogen (secondary N) is 1. The van der Waals surface area contributed by atoms with Crippen LogP contribution in [0.4, 0.5) is 14.5 Å². The second kappa shape index (κ2) is 7.39. The van der Waals surface area contributed by atoms with Gasteiger partial charge in [0.1, 0.15) is 0 Å². The predicted octanol–water partition coefficient (Wildman–Crippen LogP) is 4.15. The van der Waals surface area contributed by atoms with E-state index in [1.807, 2.05) is 18.2 Å². The second-order valence-electron chi connectivity index (χ2n) is 4.21. The van der Waals surface area contributed by atoms with E-state index in [0.717, 1.165) is 3.57 Å². The molecule has 0 aliphatic carbocycles. The predicted molar refractivity (Wildman–Crippen MR) is 86.7 cm³/mol. The van der Waals surface area contributed by atoms with Crippen molar-refractivity contribution in [3.05, 3.63) is 51.6 Å². The number of benzene rings is 2. The summed E-state index contributed by atoms with van der Waals surface area (Å²) >= 11 is 2.13. The smallest absolute Gasteiger partial charge is 0.387 e. The van der Waals surface area contributed by atoms with Gasteiger partial charge in [0.15, 0.2) is 11.5 Å². The quantitative estimate of drug-likeness (QED) is 0.741. The van der Waals surface area contributed by atoms with Crippen LogP contribution in [0, 0.1) is 3.57 Å². The fourth-order valence-corrected chi connectivity index (χ4v) is 2.31. The third-order valence-electron chi connectivity index (χ3n) is 2.72. The van der Waals surface area contributed by atoms with E-state index in [-0.39, 0.29) is 23.0 Å². The molecule has 1 amide bonds. The van der Waals surface area contributed by atoms with E-state index in [0.29, 0.717) is 5.69 Å². The number of ether oxygens (including phenoxy) is 2. The third kappa shape index (κ3) is 4.30. The third-order valence-corrected chi connectivity index (χ3v) is 3.40. The number of amides is 1. The molecule has 4 nitrogen and oxygen atoms in total. The van der Waals surface area contributed by atoms with Crippen LogP contribution in [0.15, 0.2) is 42.5 Å². The summed E-state index contributed by atoms with van der Waals surface area (Å²) in [5, 5.41) is 2.72.